The molecule has 0 N–H and O–H groups in total. The molecule has 0 saturated carbocycles. The summed E-state index contributed by atoms with van der Waals surface area (Å²) in [6, 6.07) is 10.6. The predicted molar refractivity (Wildman–Crippen MR) is 63.0 cm³/mol. The summed E-state index contributed by atoms with van der Waals surface area (Å²) in [4.78, 5) is 4.14. The molecule has 0 saturated heterocycles. The van der Waals surface area contributed by atoms with Gasteiger partial charge >= 0.3 is 0 Å². The summed E-state index contributed by atoms with van der Waals surface area (Å²) in [6.07, 6.45) is 4.73. The maximum Gasteiger partial charge on any atom is 0.0303 e. The van der Waals surface area contributed by atoms with Crippen molar-refractivity contribution in [3.05, 3.63) is 65.0 Å². The Labute approximate surface area is 90.8 Å². The van der Waals surface area contributed by atoms with E-state index in [2.05, 4.69) is 43.1 Å². The lowest BCUT2D eigenvalue weighted by Crippen LogP contribution is -1.95. The van der Waals surface area contributed by atoms with Crippen LogP contribution in [-0.4, -0.2) is 4.98 Å². The summed E-state index contributed by atoms with van der Waals surface area (Å²) >= 11 is 0. The summed E-state index contributed by atoms with van der Waals surface area (Å²) in [5.74, 6) is 0. The Balaban J connectivity index is 2.32. The average molecular weight is 197 g/mol. The van der Waals surface area contributed by atoms with Gasteiger partial charge < -0.3 is 0 Å². The van der Waals surface area contributed by atoms with Gasteiger partial charge in [-0.15, -0.1) is 0 Å². The molecule has 2 rings (SSSR count). The second-order valence-electron chi connectivity index (χ2n) is 3.91. The Morgan fingerprint density at radius 1 is 1.00 bits per heavy atom. The molecule has 0 fully saturated rings. The van der Waals surface area contributed by atoms with Crippen LogP contribution < -0.4 is 0 Å². The quantitative estimate of drug-likeness (QED) is 0.720. The average Bonchev–Trinajstić information content (AvgIpc) is 2.25. The summed E-state index contributed by atoms with van der Waals surface area (Å²) in [6.45, 7) is 4.33. The number of hydrogen-bond acceptors (Lipinski definition) is 1. The zero-order chi connectivity index (χ0) is 10.7. The van der Waals surface area contributed by atoms with Gasteiger partial charge in [-0.05, 0) is 48.6 Å². The van der Waals surface area contributed by atoms with Gasteiger partial charge in [-0.1, -0.05) is 24.3 Å². The smallest absolute Gasteiger partial charge is 0.0303 e. The standard InChI is InChI=1S/C14H15N/c1-11-5-3-6-12(2)14(11)9-13-7-4-8-15-10-13/h3-8,10H,9H2,1-2H3. The molecule has 1 aromatic carbocycles. The molecule has 1 aromatic heterocycles. The van der Waals surface area contributed by atoms with Gasteiger partial charge in [-0.25, -0.2) is 0 Å². The molecule has 1 heterocycles. The van der Waals surface area contributed by atoms with E-state index in [4.69, 9.17) is 0 Å². The molecule has 0 bridgehead atoms. The van der Waals surface area contributed by atoms with Crippen molar-refractivity contribution in [2.45, 2.75) is 20.3 Å². The Hall–Kier alpha value is -1.63. The highest BCUT2D eigenvalue weighted by Crippen LogP contribution is 2.17. The Kier molecular flexibility index (Phi) is 2.82. The number of rotatable bonds is 2. The highest BCUT2D eigenvalue weighted by Gasteiger charge is 2.02. The van der Waals surface area contributed by atoms with Crippen LogP contribution in [0.4, 0.5) is 0 Å². The number of aryl methyl sites for hydroxylation is 2. The molecule has 0 aliphatic heterocycles. The minimum Gasteiger partial charge on any atom is -0.264 e. The third kappa shape index (κ3) is 2.24. The molecule has 0 amide bonds. The Bertz CT molecular complexity index is 426. The second kappa shape index (κ2) is 4.26. The monoisotopic (exact) mass is 197 g/mol. The lowest BCUT2D eigenvalue weighted by molar-refractivity contribution is 1.10. The van der Waals surface area contributed by atoms with E-state index in [9.17, 15) is 0 Å². The van der Waals surface area contributed by atoms with Crippen molar-refractivity contribution in [1.29, 1.82) is 0 Å². The highest BCUT2D eigenvalue weighted by molar-refractivity contribution is 5.37. The molecule has 0 spiro atoms. The van der Waals surface area contributed by atoms with Crippen molar-refractivity contribution in [2.75, 3.05) is 0 Å². The summed E-state index contributed by atoms with van der Waals surface area (Å²) in [5, 5.41) is 0. The Morgan fingerprint density at radius 3 is 2.33 bits per heavy atom. The summed E-state index contributed by atoms with van der Waals surface area (Å²) in [7, 11) is 0. The Morgan fingerprint density at radius 2 is 1.73 bits per heavy atom. The van der Waals surface area contributed by atoms with Crippen molar-refractivity contribution in [3.63, 3.8) is 0 Å². The van der Waals surface area contributed by atoms with E-state index in [1.165, 1.54) is 22.3 Å². The molecule has 76 valence electrons. The van der Waals surface area contributed by atoms with Gasteiger partial charge in [0.25, 0.3) is 0 Å². The molecular weight excluding hydrogens is 182 g/mol. The second-order valence-corrected chi connectivity index (χ2v) is 3.91. The van der Waals surface area contributed by atoms with E-state index >= 15 is 0 Å². The molecule has 1 heteroatoms. The third-order valence-electron chi connectivity index (χ3n) is 2.75. The van der Waals surface area contributed by atoms with E-state index < -0.39 is 0 Å². The van der Waals surface area contributed by atoms with Crippen LogP contribution in [0.15, 0.2) is 42.7 Å². The number of nitrogens with zero attached hydrogens (tertiary/aromatic N) is 1. The molecule has 1 nitrogen and oxygen atoms in total. The van der Waals surface area contributed by atoms with Crippen molar-refractivity contribution < 1.29 is 0 Å². The van der Waals surface area contributed by atoms with Gasteiger partial charge in [0, 0.05) is 12.4 Å². The summed E-state index contributed by atoms with van der Waals surface area (Å²) in [5.41, 5.74) is 5.41. The lowest BCUT2D eigenvalue weighted by atomic mass is 9.97. The molecular formula is C14H15N. The van der Waals surface area contributed by atoms with E-state index in [0.717, 1.165) is 6.42 Å². The topological polar surface area (TPSA) is 12.9 Å². The first-order valence-electron chi connectivity index (χ1n) is 5.21. The SMILES string of the molecule is Cc1cccc(C)c1Cc1cccnc1. The van der Waals surface area contributed by atoms with Crippen molar-refractivity contribution >= 4 is 0 Å². The maximum absolute atomic E-state index is 4.14. The zero-order valence-corrected chi connectivity index (χ0v) is 9.20. The number of aromatic nitrogens is 1. The third-order valence-corrected chi connectivity index (χ3v) is 2.75. The van der Waals surface area contributed by atoms with Crippen LogP contribution in [-0.2, 0) is 6.42 Å². The van der Waals surface area contributed by atoms with E-state index in [0.29, 0.717) is 0 Å². The molecule has 0 aliphatic rings. The predicted octanol–water partition coefficient (Wildman–Crippen LogP) is 3.29. The molecule has 0 atom stereocenters. The van der Waals surface area contributed by atoms with E-state index in [1.807, 2.05) is 18.5 Å². The minimum atomic E-state index is 0.979. The fourth-order valence-electron chi connectivity index (χ4n) is 1.83. The fraction of sp³-hybridized carbons (Fsp3) is 0.214. The van der Waals surface area contributed by atoms with Crippen molar-refractivity contribution in [3.8, 4) is 0 Å². The summed E-state index contributed by atoms with van der Waals surface area (Å²) < 4.78 is 0. The normalized spacial score (nSPS) is 10.3. The largest absolute Gasteiger partial charge is 0.264 e. The van der Waals surface area contributed by atoms with Crippen LogP contribution in [0, 0.1) is 13.8 Å². The molecule has 0 unspecified atom stereocenters. The molecule has 0 aliphatic carbocycles. The first-order chi connectivity index (χ1) is 7.27. The fourth-order valence-corrected chi connectivity index (χ4v) is 1.83. The van der Waals surface area contributed by atoms with Gasteiger partial charge in [-0.2, -0.15) is 0 Å². The van der Waals surface area contributed by atoms with Crippen LogP contribution in [0.25, 0.3) is 0 Å². The first kappa shape index (κ1) is 9.91. The van der Waals surface area contributed by atoms with Crippen LogP contribution >= 0.6 is 0 Å². The zero-order valence-electron chi connectivity index (χ0n) is 9.20. The van der Waals surface area contributed by atoms with Crippen molar-refractivity contribution in [1.82, 2.24) is 4.98 Å². The van der Waals surface area contributed by atoms with Crippen molar-refractivity contribution in [2.24, 2.45) is 0 Å². The minimum absolute atomic E-state index is 0.979. The highest BCUT2D eigenvalue weighted by atomic mass is 14.6. The van der Waals surface area contributed by atoms with Gasteiger partial charge in [-0.3, -0.25) is 4.98 Å². The van der Waals surface area contributed by atoms with Crippen LogP contribution in [0.3, 0.4) is 0 Å². The van der Waals surface area contributed by atoms with Gasteiger partial charge in [0.05, 0.1) is 0 Å². The number of hydrogen-bond donors (Lipinski definition) is 0. The van der Waals surface area contributed by atoms with Crippen LogP contribution in [0.5, 0.6) is 0 Å². The number of pyridine rings is 1. The van der Waals surface area contributed by atoms with Crippen LogP contribution in [0.2, 0.25) is 0 Å². The van der Waals surface area contributed by atoms with Gasteiger partial charge in [0.1, 0.15) is 0 Å². The van der Waals surface area contributed by atoms with E-state index in [-0.39, 0.29) is 0 Å². The van der Waals surface area contributed by atoms with Gasteiger partial charge in [0.15, 0.2) is 0 Å². The maximum atomic E-state index is 4.14. The molecule has 2 aromatic rings. The van der Waals surface area contributed by atoms with Crippen LogP contribution in [0.1, 0.15) is 22.3 Å². The van der Waals surface area contributed by atoms with E-state index in [1.54, 1.807) is 0 Å². The molecule has 15 heavy (non-hydrogen) atoms. The first-order valence-corrected chi connectivity index (χ1v) is 5.21. The molecule has 0 radical (unpaired) electrons. The number of benzene rings is 1. The van der Waals surface area contributed by atoms with Gasteiger partial charge in [0.2, 0.25) is 0 Å². The lowest BCUT2D eigenvalue weighted by Gasteiger charge is -2.09.